The van der Waals surface area contributed by atoms with E-state index in [0.29, 0.717) is 0 Å². The summed E-state index contributed by atoms with van der Waals surface area (Å²) in [5.74, 6) is 0. The molecule has 0 aromatic heterocycles. The molecule has 0 radical (unpaired) electrons. The Labute approximate surface area is 186 Å². The summed E-state index contributed by atoms with van der Waals surface area (Å²) in [6, 6.07) is 0. The first kappa shape index (κ1) is 29.0. The van der Waals surface area contributed by atoms with Gasteiger partial charge in [-0.25, -0.2) is 0 Å². The first-order chi connectivity index (χ1) is 14.1. The fourth-order valence-corrected chi connectivity index (χ4v) is 4.87. The molecule has 0 N–H and O–H groups in total. The third-order valence-electron chi connectivity index (χ3n) is 7.48. The van der Waals surface area contributed by atoms with Crippen molar-refractivity contribution >= 4 is 0 Å². The van der Waals surface area contributed by atoms with E-state index in [0.717, 1.165) is 25.7 Å². The predicted octanol–water partition coefficient (Wildman–Crippen LogP) is 10.4. The largest absolute Gasteiger partial charge is 0.369 e. The fourth-order valence-electron chi connectivity index (χ4n) is 4.87. The molecule has 29 heavy (non-hydrogen) atoms. The van der Waals surface area contributed by atoms with Crippen LogP contribution in [0.2, 0.25) is 0 Å². The summed E-state index contributed by atoms with van der Waals surface area (Å²) in [7, 11) is 0. The molecule has 0 aliphatic rings. The molecule has 0 aromatic carbocycles. The van der Waals surface area contributed by atoms with Gasteiger partial charge in [-0.15, -0.1) is 0 Å². The zero-order chi connectivity index (χ0) is 21.8. The molecule has 0 unspecified atom stereocenters. The number of rotatable bonds is 22. The Bertz CT molecular complexity index is 295. The minimum absolute atomic E-state index is 0.108. The van der Waals surface area contributed by atoms with Crippen molar-refractivity contribution in [3.05, 3.63) is 0 Å². The quantitative estimate of drug-likeness (QED) is 0.161. The van der Waals surface area contributed by atoms with Gasteiger partial charge in [0.15, 0.2) is 0 Å². The second kappa shape index (κ2) is 18.7. The molecule has 176 valence electrons. The van der Waals surface area contributed by atoms with E-state index >= 15 is 0 Å². The Morgan fingerprint density at radius 1 is 0.379 bits per heavy atom. The number of hydrogen-bond acceptors (Lipinski definition) is 1. The molecule has 0 saturated carbocycles. The predicted molar refractivity (Wildman–Crippen MR) is 133 cm³/mol. The van der Waals surface area contributed by atoms with Crippen LogP contribution in [0, 0.1) is 0 Å². The first-order valence-corrected chi connectivity index (χ1v) is 13.8. The molecule has 0 rings (SSSR count). The molecule has 1 nitrogen and oxygen atoms in total. The summed E-state index contributed by atoms with van der Waals surface area (Å²) in [4.78, 5) is 0. The molecule has 0 bridgehead atoms. The Kier molecular flexibility index (Phi) is 18.7. The lowest BCUT2D eigenvalue weighted by Gasteiger charge is -2.44. The second-order valence-corrected chi connectivity index (χ2v) is 9.62. The smallest absolute Gasteiger partial charge is 0.0684 e. The lowest BCUT2D eigenvalue weighted by atomic mass is 9.85. The van der Waals surface area contributed by atoms with Gasteiger partial charge in [-0.3, -0.25) is 0 Å². The van der Waals surface area contributed by atoms with Gasteiger partial charge in [-0.2, -0.15) is 0 Å². The third kappa shape index (κ3) is 13.1. The number of ether oxygens (including phenoxy) is 1. The average Bonchev–Trinajstić information content (AvgIpc) is 2.76. The van der Waals surface area contributed by atoms with Crippen LogP contribution in [0.15, 0.2) is 0 Å². The van der Waals surface area contributed by atoms with Crippen LogP contribution in [0.5, 0.6) is 0 Å². The van der Waals surface area contributed by atoms with Crippen LogP contribution in [0.25, 0.3) is 0 Å². The van der Waals surface area contributed by atoms with E-state index in [-0.39, 0.29) is 11.2 Å². The summed E-state index contributed by atoms with van der Waals surface area (Å²) < 4.78 is 7.11. The SMILES string of the molecule is CCCCCCCCCC(CC)(CC)OC(CC)(CC)CCCCCCCCC. The molecule has 0 heterocycles. The highest BCUT2D eigenvalue weighted by molar-refractivity contribution is 4.87. The van der Waals surface area contributed by atoms with Crippen LogP contribution in [0.3, 0.4) is 0 Å². The van der Waals surface area contributed by atoms with E-state index < -0.39 is 0 Å². The minimum Gasteiger partial charge on any atom is -0.369 e. The van der Waals surface area contributed by atoms with Gasteiger partial charge in [0.2, 0.25) is 0 Å². The lowest BCUT2D eigenvalue weighted by molar-refractivity contribution is -0.173. The van der Waals surface area contributed by atoms with Crippen molar-refractivity contribution in [2.45, 2.75) is 181 Å². The van der Waals surface area contributed by atoms with Crippen LogP contribution in [-0.2, 0) is 4.74 Å². The highest BCUT2D eigenvalue weighted by Gasteiger charge is 2.37. The van der Waals surface area contributed by atoms with Crippen LogP contribution >= 0.6 is 0 Å². The summed E-state index contributed by atoms with van der Waals surface area (Å²) in [5.41, 5.74) is 0.215. The molecular weight excluding hydrogens is 352 g/mol. The Hall–Kier alpha value is -0.0400. The molecule has 0 aliphatic heterocycles. The van der Waals surface area contributed by atoms with Gasteiger partial charge in [0.05, 0.1) is 11.2 Å². The fraction of sp³-hybridized carbons (Fsp3) is 1.00. The van der Waals surface area contributed by atoms with Crippen molar-refractivity contribution in [3.8, 4) is 0 Å². The standard InChI is InChI=1S/C28H58O/c1-7-13-15-17-19-21-23-25-27(9-3,10-4)29-28(11-5,12-6)26-24-22-20-18-16-14-8-2/h7-26H2,1-6H3. The van der Waals surface area contributed by atoms with Crippen LogP contribution in [0.1, 0.15) is 170 Å². The normalized spacial score (nSPS) is 12.6. The molecule has 0 saturated heterocycles. The van der Waals surface area contributed by atoms with Crippen LogP contribution < -0.4 is 0 Å². The van der Waals surface area contributed by atoms with E-state index in [2.05, 4.69) is 41.5 Å². The summed E-state index contributed by atoms with van der Waals surface area (Å²) in [5, 5.41) is 0. The Balaban J connectivity index is 4.51. The lowest BCUT2D eigenvalue weighted by Crippen LogP contribution is -2.44. The number of hydrogen-bond donors (Lipinski definition) is 0. The van der Waals surface area contributed by atoms with Gasteiger partial charge in [-0.05, 0) is 38.5 Å². The Morgan fingerprint density at radius 2 is 0.655 bits per heavy atom. The molecule has 0 fully saturated rings. The number of unbranched alkanes of at least 4 members (excludes halogenated alkanes) is 12. The van der Waals surface area contributed by atoms with E-state index in [1.165, 1.54) is 103 Å². The van der Waals surface area contributed by atoms with Gasteiger partial charge in [0, 0.05) is 0 Å². The van der Waals surface area contributed by atoms with E-state index in [9.17, 15) is 0 Å². The van der Waals surface area contributed by atoms with Gasteiger partial charge in [0.25, 0.3) is 0 Å². The maximum absolute atomic E-state index is 7.11. The van der Waals surface area contributed by atoms with Crippen LogP contribution in [-0.4, -0.2) is 11.2 Å². The maximum Gasteiger partial charge on any atom is 0.0684 e. The molecule has 0 aliphatic carbocycles. The third-order valence-corrected chi connectivity index (χ3v) is 7.48. The van der Waals surface area contributed by atoms with Crippen molar-refractivity contribution < 1.29 is 4.74 Å². The van der Waals surface area contributed by atoms with Gasteiger partial charge < -0.3 is 4.74 Å². The molecule has 1 heteroatoms. The van der Waals surface area contributed by atoms with Gasteiger partial charge in [0.1, 0.15) is 0 Å². The van der Waals surface area contributed by atoms with Crippen molar-refractivity contribution in [2.24, 2.45) is 0 Å². The molecule has 0 spiro atoms. The maximum atomic E-state index is 7.11. The molecular formula is C28H58O. The summed E-state index contributed by atoms with van der Waals surface area (Å²) in [6.07, 6.45) is 26.6. The molecule has 0 atom stereocenters. The summed E-state index contributed by atoms with van der Waals surface area (Å²) in [6.45, 7) is 14.0. The van der Waals surface area contributed by atoms with Crippen LogP contribution in [0.4, 0.5) is 0 Å². The average molecular weight is 411 g/mol. The van der Waals surface area contributed by atoms with Crippen molar-refractivity contribution in [3.63, 3.8) is 0 Å². The van der Waals surface area contributed by atoms with Gasteiger partial charge in [-0.1, -0.05) is 131 Å². The summed E-state index contributed by atoms with van der Waals surface area (Å²) >= 11 is 0. The minimum atomic E-state index is 0.108. The van der Waals surface area contributed by atoms with E-state index in [1.54, 1.807) is 0 Å². The van der Waals surface area contributed by atoms with Crippen molar-refractivity contribution in [1.29, 1.82) is 0 Å². The highest BCUT2D eigenvalue weighted by Crippen LogP contribution is 2.38. The molecule has 0 amide bonds. The topological polar surface area (TPSA) is 9.23 Å². The zero-order valence-electron chi connectivity index (χ0n) is 21.6. The van der Waals surface area contributed by atoms with Gasteiger partial charge >= 0.3 is 0 Å². The van der Waals surface area contributed by atoms with E-state index in [1.807, 2.05) is 0 Å². The molecule has 0 aromatic rings. The monoisotopic (exact) mass is 410 g/mol. The first-order valence-electron chi connectivity index (χ1n) is 13.8. The zero-order valence-corrected chi connectivity index (χ0v) is 21.6. The highest BCUT2D eigenvalue weighted by atomic mass is 16.5. The second-order valence-electron chi connectivity index (χ2n) is 9.62. The van der Waals surface area contributed by atoms with Crippen molar-refractivity contribution in [1.82, 2.24) is 0 Å². The van der Waals surface area contributed by atoms with Crippen molar-refractivity contribution in [2.75, 3.05) is 0 Å². The van der Waals surface area contributed by atoms with E-state index in [4.69, 9.17) is 4.74 Å². The Morgan fingerprint density at radius 3 is 0.931 bits per heavy atom.